The Balaban J connectivity index is 1.39. The number of carbonyl (C=O) groups is 1. The van der Waals surface area contributed by atoms with Crippen LogP contribution in [0.4, 0.5) is 22.9 Å². The lowest BCUT2D eigenvalue weighted by molar-refractivity contribution is 0.102. The normalized spacial score (nSPS) is 10.5. The van der Waals surface area contributed by atoms with Crippen molar-refractivity contribution < 1.29 is 4.79 Å². The summed E-state index contributed by atoms with van der Waals surface area (Å²) in [6.45, 7) is 0. The van der Waals surface area contributed by atoms with Crippen molar-refractivity contribution in [2.24, 2.45) is 0 Å². The number of hydrogen-bond acceptors (Lipinski definition) is 6. The van der Waals surface area contributed by atoms with Crippen LogP contribution in [-0.2, 0) is 0 Å². The SMILES string of the molecule is CN(C)c1cccc(C(=O)Nc2ccc(Nc3ccc(-n4cccn4)nn3)cc2)c1. The zero-order valence-electron chi connectivity index (χ0n) is 16.6. The number of benzene rings is 2. The lowest BCUT2D eigenvalue weighted by Gasteiger charge is -2.13. The molecule has 8 heteroatoms. The molecule has 0 saturated carbocycles. The number of nitrogens with zero attached hydrogens (tertiary/aromatic N) is 5. The van der Waals surface area contributed by atoms with Gasteiger partial charge in [-0.25, -0.2) is 4.68 Å². The van der Waals surface area contributed by atoms with E-state index in [2.05, 4.69) is 25.9 Å². The fraction of sp³-hybridized carbons (Fsp3) is 0.0909. The van der Waals surface area contributed by atoms with Gasteiger partial charge < -0.3 is 15.5 Å². The summed E-state index contributed by atoms with van der Waals surface area (Å²) in [5.41, 5.74) is 3.13. The van der Waals surface area contributed by atoms with Crippen molar-refractivity contribution in [2.75, 3.05) is 29.6 Å². The van der Waals surface area contributed by atoms with E-state index in [1.54, 1.807) is 23.1 Å². The van der Waals surface area contributed by atoms with E-state index in [1.165, 1.54) is 0 Å². The summed E-state index contributed by atoms with van der Waals surface area (Å²) in [4.78, 5) is 14.5. The van der Waals surface area contributed by atoms with Gasteiger partial charge in [-0.3, -0.25) is 4.79 Å². The Morgan fingerprint density at radius 3 is 2.40 bits per heavy atom. The van der Waals surface area contributed by atoms with Crippen molar-refractivity contribution in [2.45, 2.75) is 0 Å². The molecule has 2 N–H and O–H groups in total. The number of nitrogens with one attached hydrogen (secondary N) is 2. The maximum Gasteiger partial charge on any atom is 0.255 e. The van der Waals surface area contributed by atoms with Crippen molar-refractivity contribution in [3.8, 4) is 5.82 Å². The minimum atomic E-state index is -0.153. The van der Waals surface area contributed by atoms with Gasteiger partial charge in [0.15, 0.2) is 11.6 Å². The average Bonchev–Trinajstić information content (AvgIpc) is 3.31. The van der Waals surface area contributed by atoms with Gasteiger partial charge in [-0.1, -0.05) is 6.07 Å². The van der Waals surface area contributed by atoms with Gasteiger partial charge in [0.05, 0.1) is 0 Å². The summed E-state index contributed by atoms with van der Waals surface area (Å²) in [5.74, 6) is 1.10. The third-order valence-electron chi connectivity index (χ3n) is 4.43. The van der Waals surface area contributed by atoms with E-state index in [1.807, 2.05) is 79.7 Å². The van der Waals surface area contributed by atoms with Crippen molar-refractivity contribution >= 4 is 28.8 Å². The number of aromatic nitrogens is 4. The van der Waals surface area contributed by atoms with Crippen LogP contribution >= 0.6 is 0 Å². The van der Waals surface area contributed by atoms with Gasteiger partial charge in [-0.2, -0.15) is 5.10 Å². The van der Waals surface area contributed by atoms with Gasteiger partial charge in [0.2, 0.25) is 0 Å². The molecule has 0 spiro atoms. The number of anilines is 4. The van der Waals surface area contributed by atoms with Crippen molar-refractivity contribution in [3.63, 3.8) is 0 Å². The van der Waals surface area contributed by atoms with Crippen molar-refractivity contribution in [1.29, 1.82) is 0 Å². The third-order valence-corrected chi connectivity index (χ3v) is 4.43. The van der Waals surface area contributed by atoms with Crippen LogP contribution in [0.3, 0.4) is 0 Å². The second-order valence-electron chi connectivity index (χ2n) is 6.83. The molecular formula is C22H21N7O. The Hall–Kier alpha value is -4.20. The van der Waals surface area contributed by atoms with E-state index in [4.69, 9.17) is 0 Å². The topological polar surface area (TPSA) is 88.0 Å². The molecule has 1 amide bonds. The van der Waals surface area contributed by atoms with Crippen LogP contribution < -0.4 is 15.5 Å². The van der Waals surface area contributed by atoms with Crippen LogP contribution in [0, 0.1) is 0 Å². The minimum absolute atomic E-state index is 0.153. The molecule has 4 aromatic rings. The van der Waals surface area contributed by atoms with Crippen LogP contribution in [0.1, 0.15) is 10.4 Å². The number of amides is 1. The molecule has 2 aromatic heterocycles. The smallest absolute Gasteiger partial charge is 0.255 e. The van der Waals surface area contributed by atoms with E-state index < -0.39 is 0 Å². The lowest BCUT2D eigenvalue weighted by Crippen LogP contribution is -2.14. The number of carbonyl (C=O) groups excluding carboxylic acids is 1. The highest BCUT2D eigenvalue weighted by molar-refractivity contribution is 6.04. The maximum absolute atomic E-state index is 12.5. The second-order valence-corrected chi connectivity index (χ2v) is 6.83. The summed E-state index contributed by atoms with van der Waals surface area (Å²) in [6, 6.07) is 20.4. The van der Waals surface area contributed by atoms with Crippen LogP contribution in [0.15, 0.2) is 79.1 Å². The molecule has 0 radical (unpaired) electrons. The first-order chi connectivity index (χ1) is 14.6. The zero-order valence-corrected chi connectivity index (χ0v) is 16.6. The Bertz CT molecular complexity index is 1120. The molecule has 0 aliphatic rings. The molecule has 2 heterocycles. The van der Waals surface area contributed by atoms with Crippen LogP contribution in [-0.4, -0.2) is 40.0 Å². The Morgan fingerprint density at radius 2 is 1.73 bits per heavy atom. The van der Waals surface area contributed by atoms with Crippen molar-refractivity contribution in [3.05, 3.63) is 84.7 Å². The van der Waals surface area contributed by atoms with Gasteiger partial charge in [0, 0.05) is 49.1 Å². The number of hydrogen-bond donors (Lipinski definition) is 2. The highest BCUT2D eigenvalue weighted by Crippen LogP contribution is 2.19. The summed E-state index contributed by atoms with van der Waals surface area (Å²) in [7, 11) is 3.89. The van der Waals surface area contributed by atoms with Crippen LogP contribution in [0.2, 0.25) is 0 Å². The Kier molecular flexibility index (Phi) is 5.38. The van der Waals surface area contributed by atoms with Gasteiger partial charge in [-0.05, 0) is 60.7 Å². The quantitative estimate of drug-likeness (QED) is 0.514. The van der Waals surface area contributed by atoms with Crippen LogP contribution in [0.25, 0.3) is 5.82 Å². The minimum Gasteiger partial charge on any atom is -0.378 e. The molecule has 0 atom stereocenters. The summed E-state index contributed by atoms with van der Waals surface area (Å²) >= 11 is 0. The Morgan fingerprint density at radius 1 is 0.933 bits per heavy atom. The summed E-state index contributed by atoms with van der Waals surface area (Å²) in [6.07, 6.45) is 3.49. The molecule has 0 unspecified atom stereocenters. The monoisotopic (exact) mass is 399 g/mol. The predicted octanol–water partition coefficient (Wildman–Crippen LogP) is 3.72. The lowest BCUT2D eigenvalue weighted by atomic mass is 10.1. The van der Waals surface area contributed by atoms with Crippen LogP contribution in [0.5, 0.6) is 0 Å². The van der Waals surface area contributed by atoms with Gasteiger partial charge in [-0.15, -0.1) is 10.2 Å². The molecule has 150 valence electrons. The number of rotatable bonds is 6. The predicted molar refractivity (Wildman–Crippen MR) is 118 cm³/mol. The molecule has 0 bridgehead atoms. The standard InChI is InChI=1S/C22H21N7O/c1-28(2)19-6-3-5-16(15-19)22(30)25-18-9-7-17(8-10-18)24-20-11-12-21(27-26-20)29-14-4-13-23-29/h3-15H,1-2H3,(H,24,26)(H,25,30). The molecule has 0 saturated heterocycles. The first-order valence-electron chi connectivity index (χ1n) is 9.38. The molecule has 8 nitrogen and oxygen atoms in total. The highest BCUT2D eigenvalue weighted by atomic mass is 16.1. The molecule has 0 fully saturated rings. The fourth-order valence-electron chi connectivity index (χ4n) is 2.83. The maximum atomic E-state index is 12.5. The molecule has 0 aliphatic carbocycles. The molecule has 30 heavy (non-hydrogen) atoms. The van der Waals surface area contributed by atoms with E-state index in [0.717, 1.165) is 11.4 Å². The zero-order chi connectivity index (χ0) is 20.9. The fourth-order valence-corrected chi connectivity index (χ4v) is 2.83. The van der Waals surface area contributed by atoms with Crippen molar-refractivity contribution in [1.82, 2.24) is 20.0 Å². The van der Waals surface area contributed by atoms with E-state index >= 15 is 0 Å². The first kappa shape index (κ1) is 19.1. The van der Waals surface area contributed by atoms with Gasteiger partial charge in [0.25, 0.3) is 5.91 Å². The van der Waals surface area contributed by atoms with Gasteiger partial charge in [0.1, 0.15) is 0 Å². The highest BCUT2D eigenvalue weighted by Gasteiger charge is 2.08. The van der Waals surface area contributed by atoms with E-state index in [0.29, 0.717) is 22.9 Å². The third kappa shape index (κ3) is 4.44. The molecular weight excluding hydrogens is 378 g/mol. The first-order valence-corrected chi connectivity index (χ1v) is 9.38. The molecule has 2 aromatic carbocycles. The summed E-state index contributed by atoms with van der Waals surface area (Å²) < 4.78 is 1.64. The Labute approximate surface area is 174 Å². The average molecular weight is 399 g/mol. The van der Waals surface area contributed by atoms with Gasteiger partial charge >= 0.3 is 0 Å². The second kappa shape index (κ2) is 8.44. The summed E-state index contributed by atoms with van der Waals surface area (Å²) in [5, 5.41) is 18.6. The van der Waals surface area contributed by atoms with E-state index in [-0.39, 0.29) is 5.91 Å². The molecule has 0 aliphatic heterocycles. The molecule has 4 rings (SSSR count). The van der Waals surface area contributed by atoms with E-state index in [9.17, 15) is 4.79 Å². The largest absolute Gasteiger partial charge is 0.378 e.